The van der Waals surface area contributed by atoms with Crippen LogP contribution in [0.1, 0.15) is 49.5 Å². The van der Waals surface area contributed by atoms with E-state index >= 15 is 0 Å². The number of aliphatic hydroxyl groups excluding tert-OH is 1. The summed E-state index contributed by atoms with van der Waals surface area (Å²) in [5, 5.41) is 17.5. The van der Waals surface area contributed by atoms with Crippen LogP contribution in [0.3, 0.4) is 0 Å². The molecule has 0 radical (unpaired) electrons. The first-order valence-corrected chi connectivity index (χ1v) is 10.3. The number of alkyl halides is 2. The molecule has 1 unspecified atom stereocenters. The van der Waals surface area contributed by atoms with Gasteiger partial charge in [0.05, 0.1) is 23.2 Å². The van der Waals surface area contributed by atoms with Crippen LogP contribution in [0.2, 0.25) is 0 Å². The molecule has 0 bridgehead atoms. The molecule has 1 aromatic carbocycles. The van der Waals surface area contributed by atoms with E-state index < -0.39 is 12.7 Å². The second-order valence-corrected chi connectivity index (χ2v) is 7.96. The van der Waals surface area contributed by atoms with Crippen molar-refractivity contribution < 1.29 is 23.4 Å². The van der Waals surface area contributed by atoms with Gasteiger partial charge in [-0.15, -0.1) is 0 Å². The normalized spacial score (nSPS) is 18.8. The summed E-state index contributed by atoms with van der Waals surface area (Å²) < 4.78 is 31.5. The molecule has 31 heavy (non-hydrogen) atoms. The number of carbonyl (C=O) groups excluding carboxylic acids is 1. The average Bonchev–Trinajstić information content (AvgIpc) is 3.30. The molecule has 2 N–H and O–H groups in total. The highest BCUT2D eigenvalue weighted by Crippen LogP contribution is 2.31. The lowest BCUT2D eigenvalue weighted by atomic mass is 10.1. The van der Waals surface area contributed by atoms with Gasteiger partial charge in [-0.05, 0) is 51.3 Å². The zero-order chi connectivity index (χ0) is 22.1. The fourth-order valence-corrected chi connectivity index (χ4v) is 3.91. The number of amides is 1. The van der Waals surface area contributed by atoms with E-state index in [1.54, 1.807) is 22.9 Å². The number of rotatable bonds is 6. The quantitative estimate of drug-likeness (QED) is 0.619. The van der Waals surface area contributed by atoms with E-state index in [2.05, 4.69) is 20.1 Å². The number of hydrogen-bond donors (Lipinski definition) is 2. The molecule has 4 rings (SSSR count). The third kappa shape index (κ3) is 4.36. The first kappa shape index (κ1) is 21.2. The van der Waals surface area contributed by atoms with Crippen LogP contribution >= 0.6 is 0 Å². The highest BCUT2D eigenvalue weighted by atomic mass is 19.3. The van der Waals surface area contributed by atoms with Crippen molar-refractivity contribution in [3.63, 3.8) is 0 Å². The Bertz CT molecular complexity index is 1100. The van der Waals surface area contributed by atoms with E-state index in [-0.39, 0.29) is 23.7 Å². The molecular weight excluding hydrogens is 406 g/mol. The van der Waals surface area contributed by atoms with Crippen molar-refractivity contribution in [1.29, 1.82) is 0 Å². The highest BCUT2D eigenvalue weighted by molar-refractivity contribution is 5.99. The summed E-state index contributed by atoms with van der Waals surface area (Å²) in [7, 11) is 0. The molecule has 164 valence electrons. The number of ether oxygens (including phenoxy) is 1. The predicted octanol–water partition coefficient (Wildman–Crippen LogP) is 3.92. The summed E-state index contributed by atoms with van der Waals surface area (Å²) in [5.41, 5.74) is 2.68. The number of benzene rings is 1. The van der Waals surface area contributed by atoms with Crippen molar-refractivity contribution in [1.82, 2.24) is 20.1 Å². The molecule has 2 aromatic heterocycles. The SMILES string of the molecule is CC(C)n1nc(-c2cccc(OC(F)F)c2)c2ncc(C(=O)N[C@H]3CCCC3O)cc21. The predicted molar refractivity (Wildman–Crippen MR) is 111 cm³/mol. The van der Waals surface area contributed by atoms with Crippen molar-refractivity contribution in [3.05, 3.63) is 42.1 Å². The molecule has 1 aliphatic carbocycles. The number of fused-ring (bicyclic) bond motifs is 1. The molecule has 3 aromatic rings. The Morgan fingerprint density at radius 2 is 2.10 bits per heavy atom. The molecule has 0 aliphatic heterocycles. The summed E-state index contributed by atoms with van der Waals surface area (Å²) >= 11 is 0. The zero-order valence-corrected chi connectivity index (χ0v) is 17.3. The van der Waals surface area contributed by atoms with E-state index in [1.807, 2.05) is 13.8 Å². The fraction of sp³-hybridized carbons (Fsp3) is 0.409. The minimum absolute atomic E-state index is 0.0199. The van der Waals surface area contributed by atoms with Crippen molar-refractivity contribution in [2.75, 3.05) is 0 Å². The zero-order valence-electron chi connectivity index (χ0n) is 17.3. The average molecular weight is 430 g/mol. The van der Waals surface area contributed by atoms with Crippen molar-refractivity contribution in [3.8, 4) is 17.0 Å². The summed E-state index contributed by atoms with van der Waals surface area (Å²) in [6, 6.07) is 7.73. The molecule has 9 heteroatoms. The maximum Gasteiger partial charge on any atom is 0.387 e. The number of aliphatic hydroxyl groups is 1. The summed E-state index contributed by atoms with van der Waals surface area (Å²) in [6.07, 6.45) is 3.24. The number of aromatic nitrogens is 3. The first-order valence-electron chi connectivity index (χ1n) is 10.3. The van der Waals surface area contributed by atoms with Crippen molar-refractivity contribution in [2.45, 2.75) is 57.9 Å². The van der Waals surface area contributed by atoms with Gasteiger partial charge >= 0.3 is 6.61 Å². The molecule has 0 spiro atoms. The van der Waals surface area contributed by atoms with E-state index in [0.29, 0.717) is 34.3 Å². The van der Waals surface area contributed by atoms with E-state index in [9.17, 15) is 18.7 Å². The number of pyridine rings is 1. The minimum Gasteiger partial charge on any atom is -0.435 e. The number of nitrogens with zero attached hydrogens (tertiary/aromatic N) is 3. The van der Waals surface area contributed by atoms with Crippen LogP contribution in [0, 0.1) is 0 Å². The van der Waals surface area contributed by atoms with E-state index in [0.717, 1.165) is 12.8 Å². The molecule has 1 aliphatic rings. The van der Waals surface area contributed by atoms with E-state index in [4.69, 9.17) is 0 Å². The summed E-state index contributed by atoms with van der Waals surface area (Å²) in [5.74, 6) is -0.267. The van der Waals surface area contributed by atoms with Gasteiger partial charge in [-0.25, -0.2) is 0 Å². The smallest absolute Gasteiger partial charge is 0.387 e. The Morgan fingerprint density at radius 1 is 1.29 bits per heavy atom. The van der Waals surface area contributed by atoms with Gasteiger partial charge in [0.2, 0.25) is 0 Å². The lowest BCUT2D eigenvalue weighted by Crippen LogP contribution is -2.39. The molecule has 1 fully saturated rings. The first-order chi connectivity index (χ1) is 14.8. The largest absolute Gasteiger partial charge is 0.435 e. The van der Waals surface area contributed by atoms with Gasteiger partial charge in [0.25, 0.3) is 5.91 Å². The summed E-state index contributed by atoms with van der Waals surface area (Å²) in [6.45, 7) is 0.986. The van der Waals surface area contributed by atoms with Gasteiger partial charge in [-0.1, -0.05) is 12.1 Å². The Kier molecular flexibility index (Phi) is 5.86. The van der Waals surface area contributed by atoms with Crippen LogP contribution in [0.4, 0.5) is 8.78 Å². The van der Waals surface area contributed by atoms with Gasteiger partial charge in [0.15, 0.2) is 0 Å². The Balaban J connectivity index is 1.71. The number of hydrogen-bond acceptors (Lipinski definition) is 5. The summed E-state index contributed by atoms with van der Waals surface area (Å²) in [4.78, 5) is 17.2. The van der Waals surface area contributed by atoms with Crippen molar-refractivity contribution in [2.24, 2.45) is 0 Å². The maximum atomic E-state index is 12.7. The lowest BCUT2D eigenvalue weighted by molar-refractivity contribution is -0.0498. The van der Waals surface area contributed by atoms with Crippen LogP contribution in [0.5, 0.6) is 5.75 Å². The third-order valence-electron chi connectivity index (χ3n) is 5.43. The molecule has 2 heterocycles. The van der Waals surface area contributed by atoms with Crippen LogP contribution in [0.15, 0.2) is 36.5 Å². The molecule has 1 saturated carbocycles. The fourth-order valence-electron chi connectivity index (χ4n) is 3.91. The van der Waals surface area contributed by atoms with E-state index in [1.165, 1.54) is 18.3 Å². The molecule has 1 amide bonds. The van der Waals surface area contributed by atoms with Gasteiger partial charge < -0.3 is 15.2 Å². The van der Waals surface area contributed by atoms with Gasteiger partial charge in [0, 0.05) is 17.8 Å². The third-order valence-corrected chi connectivity index (χ3v) is 5.43. The Labute approximate surface area is 178 Å². The highest BCUT2D eigenvalue weighted by Gasteiger charge is 2.27. The second kappa shape index (κ2) is 8.58. The topological polar surface area (TPSA) is 89.3 Å². The lowest BCUT2D eigenvalue weighted by Gasteiger charge is -2.16. The van der Waals surface area contributed by atoms with Crippen LogP contribution in [-0.2, 0) is 0 Å². The number of halogens is 2. The number of nitrogens with one attached hydrogen (secondary N) is 1. The van der Waals surface area contributed by atoms with Crippen LogP contribution < -0.4 is 10.1 Å². The van der Waals surface area contributed by atoms with Gasteiger partial charge in [-0.2, -0.15) is 13.9 Å². The van der Waals surface area contributed by atoms with Gasteiger partial charge in [0.1, 0.15) is 17.0 Å². The maximum absolute atomic E-state index is 12.7. The molecule has 0 saturated heterocycles. The number of carbonyl (C=O) groups is 1. The van der Waals surface area contributed by atoms with Crippen LogP contribution in [0.25, 0.3) is 22.3 Å². The standard InChI is InChI=1S/C22H24F2N4O3/c1-12(2)28-17-10-14(21(30)26-16-7-4-8-18(16)29)11-25-20(17)19(27-28)13-5-3-6-15(9-13)31-22(23)24/h3,5-6,9-12,16,18,22,29H,4,7-8H2,1-2H3,(H,26,30)/t16-,18?/m0/s1. The molecule has 7 nitrogen and oxygen atoms in total. The molecular formula is C22H24F2N4O3. The van der Waals surface area contributed by atoms with Crippen LogP contribution in [-0.4, -0.2) is 44.5 Å². The Hall–Kier alpha value is -3.07. The van der Waals surface area contributed by atoms with Gasteiger partial charge in [-0.3, -0.25) is 14.5 Å². The second-order valence-electron chi connectivity index (χ2n) is 7.96. The monoisotopic (exact) mass is 430 g/mol. The van der Waals surface area contributed by atoms with Crippen molar-refractivity contribution >= 4 is 16.9 Å². The Morgan fingerprint density at radius 3 is 2.77 bits per heavy atom. The minimum atomic E-state index is -2.92. The molecule has 2 atom stereocenters.